The molecule has 4 N–H and O–H groups in total. The van der Waals surface area contributed by atoms with Crippen molar-refractivity contribution in [2.45, 2.75) is 29.8 Å². The Morgan fingerprint density at radius 1 is 1.47 bits per heavy atom. The molecule has 2 unspecified atom stereocenters. The number of aliphatic hydroxyl groups excluding tert-OH is 2. The molecule has 0 spiro atoms. The summed E-state index contributed by atoms with van der Waals surface area (Å²) in [6.45, 7) is 1.80. The van der Waals surface area contributed by atoms with Gasteiger partial charge in [0.05, 0.1) is 19.1 Å². The number of primary sulfonamides is 1. The normalized spacial score (nSPS) is 14.9. The van der Waals surface area contributed by atoms with Gasteiger partial charge in [0.1, 0.15) is 10.3 Å². The number of rotatable bonds is 6. The van der Waals surface area contributed by atoms with Crippen LogP contribution >= 0.6 is 11.3 Å². The van der Waals surface area contributed by atoms with Crippen molar-refractivity contribution in [3.05, 3.63) is 17.0 Å². The Hall–Kier alpha value is -1.00. The Morgan fingerprint density at radius 3 is 2.58 bits per heavy atom. The molecule has 0 radical (unpaired) electrons. The molecule has 1 aromatic heterocycles. The summed E-state index contributed by atoms with van der Waals surface area (Å²) in [6.07, 6.45) is -3.12. The van der Waals surface area contributed by atoms with Gasteiger partial charge in [0.15, 0.2) is 0 Å². The molecule has 0 amide bonds. The zero-order valence-electron chi connectivity index (χ0n) is 10.1. The summed E-state index contributed by atoms with van der Waals surface area (Å²) in [4.78, 5) is 11.4. The van der Waals surface area contributed by atoms with Crippen LogP contribution in [-0.2, 0) is 19.6 Å². The zero-order chi connectivity index (χ0) is 14.6. The fourth-order valence-corrected chi connectivity index (χ4v) is 3.13. The van der Waals surface area contributed by atoms with Crippen LogP contribution in [-0.4, -0.2) is 37.3 Å². The second kappa shape index (κ2) is 6.44. The van der Waals surface area contributed by atoms with Gasteiger partial charge in [-0.25, -0.2) is 13.6 Å². The van der Waals surface area contributed by atoms with Crippen molar-refractivity contribution in [1.29, 1.82) is 0 Å². The number of aliphatic hydroxyl groups is 2. The van der Waals surface area contributed by atoms with Crippen molar-refractivity contribution in [2.75, 3.05) is 6.61 Å². The van der Waals surface area contributed by atoms with E-state index >= 15 is 0 Å². The van der Waals surface area contributed by atoms with Gasteiger partial charge >= 0.3 is 5.97 Å². The SMILES string of the molecule is CCOC(=O)CC(O)C(O)c1ccc(S(N)(=O)=O)s1. The third-order valence-electron chi connectivity index (χ3n) is 2.22. The van der Waals surface area contributed by atoms with E-state index in [2.05, 4.69) is 4.74 Å². The molecule has 0 aromatic carbocycles. The highest BCUT2D eigenvalue weighted by atomic mass is 32.2. The van der Waals surface area contributed by atoms with Crippen molar-refractivity contribution < 1.29 is 28.2 Å². The van der Waals surface area contributed by atoms with Crippen molar-refractivity contribution in [2.24, 2.45) is 5.14 Å². The maximum atomic E-state index is 11.1. The molecule has 1 heterocycles. The number of thiophene rings is 1. The third-order valence-corrected chi connectivity index (χ3v) is 4.81. The molecule has 2 atom stereocenters. The van der Waals surface area contributed by atoms with Gasteiger partial charge in [0.25, 0.3) is 0 Å². The monoisotopic (exact) mass is 309 g/mol. The molecule has 0 aliphatic rings. The first-order chi connectivity index (χ1) is 8.75. The number of carbonyl (C=O) groups is 1. The van der Waals surface area contributed by atoms with Gasteiger partial charge < -0.3 is 14.9 Å². The zero-order valence-corrected chi connectivity index (χ0v) is 11.8. The minimum absolute atomic E-state index is 0.120. The minimum atomic E-state index is -3.84. The lowest BCUT2D eigenvalue weighted by molar-refractivity contribution is -0.147. The van der Waals surface area contributed by atoms with E-state index in [1.165, 1.54) is 12.1 Å². The molecule has 0 saturated heterocycles. The Morgan fingerprint density at radius 2 is 2.11 bits per heavy atom. The van der Waals surface area contributed by atoms with E-state index in [1.54, 1.807) is 6.92 Å². The molecule has 7 nitrogen and oxygen atoms in total. The van der Waals surface area contributed by atoms with Crippen LogP contribution in [0.5, 0.6) is 0 Å². The molecular weight excluding hydrogens is 294 g/mol. The predicted octanol–water partition coefficient (Wildman–Crippen LogP) is -0.257. The average Bonchev–Trinajstić information content (AvgIpc) is 2.76. The van der Waals surface area contributed by atoms with Crippen LogP contribution in [0.2, 0.25) is 0 Å². The number of hydrogen-bond acceptors (Lipinski definition) is 7. The summed E-state index contributed by atoms with van der Waals surface area (Å²) < 4.78 is 26.7. The third kappa shape index (κ3) is 4.55. The number of sulfonamides is 1. The van der Waals surface area contributed by atoms with E-state index in [1.807, 2.05) is 0 Å². The van der Waals surface area contributed by atoms with Gasteiger partial charge in [-0.05, 0) is 19.1 Å². The second-order valence-electron chi connectivity index (χ2n) is 3.72. The van der Waals surface area contributed by atoms with Crippen LogP contribution in [0.25, 0.3) is 0 Å². The van der Waals surface area contributed by atoms with Gasteiger partial charge in [-0.3, -0.25) is 4.79 Å². The summed E-state index contributed by atoms with van der Waals surface area (Å²) in [6, 6.07) is 2.57. The second-order valence-corrected chi connectivity index (χ2v) is 6.63. The van der Waals surface area contributed by atoms with E-state index in [0.717, 1.165) is 11.3 Å². The number of ether oxygens (including phenoxy) is 1. The molecule has 0 saturated carbocycles. The van der Waals surface area contributed by atoms with Crippen molar-refractivity contribution in [1.82, 2.24) is 0 Å². The smallest absolute Gasteiger partial charge is 0.308 e. The fourth-order valence-electron chi connectivity index (χ4n) is 1.34. The Bertz CT molecular complexity index is 538. The molecule has 108 valence electrons. The summed E-state index contributed by atoms with van der Waals surface area (Å²) in [5, 5.41) is 24.4. The molecular formula is C10H15NO6S2. The fraction of sp³-hybridized carbons (Fsp3) is 0.500. The van der Waals surface area contributed by atoms with Gasteiger partial charge in [-0.1, -0.05) is 0 Å². The van der Waals surface area contributed by atoms with Gasteiger partial charge in [-0.2, -0.15) is 0 Å². The molecule has 19 heavy (non-hydrogen) atoms. The van der Waals surface area contributed by atoms with Gasteiger partial charge in [-0.15, -0.1) is 11.3 Å². The average molecular weight is 309 g/mol. The lowest BCUT2D eigenvalue weighted by Gasteiger charge is -2.15. The molecule has 0 fully saturated rings. The molecule has 1 rings (SSSR count). The van der Waals surface area contributed by atoms with Crippen LogP contribution in [0.3, 0.4) is 0 Å². The molecule has 1 aromatic rings. The molecule has 0 aliphatic heterocycles. The van der Waals surface area contributed by atoms with E-state index in [4.69, 9.17) is 5.14 Å². The Balaban J connectivity index is 2.74. The van der Waals surface area contributed by atoms with Gasteiger partial charge in [0.2, 0.25) is 10.0 Å². The maximum absolute atomic E-state index is 11.1. The quantitative estimate of drug-likeness (QED) is 0.621. The lowest BCUT2D eigenvalue weighted by Crippen LogP contribution is -2.22. The number of esters is 1. The number of carbonyl (C=O) groups excluding carboxylic acids is 1. The van der Waals surface area contributed by atoms with Crippen molar-refractivity contribution in [3.8, 4) is 0 Å². The topological polar surface area (TPSA) is 127 Å². The Kier molecular flexibility index (Phi) is 5.44. The first-order valence-electron chi connectivity index (χ1n) is 5.40. The number of nitrogens with two attached hydrogens (primary N) is 1. The highest BCUT2D eigenvalue weighted by molar-refractivity contribution is 7.91. The molecule has 0 bridgehead atoms. The summed E-state index contributed by atoms with van der Waals surface area (Å²) in [7, 11) is -3.84. The van der Waals surface area contributed by atoms with Crippen molar-refractivity contribution in [3.63, 3.8) is 0 Å². The highest BCUT2D eigenvalue weighted by Crippen LogP contribution is 2.28. The molecule has 0 aliphatic carbocycles. The number of hydrogen-bond donors (Lipinski definition) is 3. The van der Waals surface area contributed by atoms with Crippen LogP contribution in [0.15, 0.2) is 16.3 Å². The first kappa shape index (κ1) is 16.1. The highest BCUT2D eigenvalue weighted by Gasteiger charge is 2.24. The van der Waals surface area contributed by atoms with Crippen LogP contribution in [0.1, 0.15) is 24.3 Å². The lowest BCUT2D eigenvalue weighted by atomic mass is 10.1. The van der Waals surface area contributed by atoms with E-state index in [0.29, 0.717) is 0 Å². The van der Waals surface area contributed by atoms with Crippen molar-refractivity contribution >= 4 is 27.3 Å². The summed E-state index contributed by atoms with van der Waals surface area (Å²) in [5.74, 6) is -0.641. The van der Waals surface area contributed by atoms with E-state index in [9.17, 15) is 23.4 Å². The van der Waals surface area contributed by atoms with Gasteiger partial charge in [0, 0.05) is 4.88 Å². The maximum Gasteiger partial charge on any atom is 0.308 e. The van der Waals surface area contributed by atoms with Crippen LogP contribution < -0.4 is 5.14 Å². The van der Waals surface area contributed by atoms with Crippen LogP contribution in [0, 0.1) is 0 Å². The van der Waals surface area contributed by atoms with E-state index < -0.39 is 28.2 Å². The van der Waals surface area contributed by atoms with E-state index in [-0.39, 0.29) is 22.1 Å². The Labute approximate surface area is 114 Å². The predicted molar refractivity (Wildman–Crippen MR) is 67.9 cm³/mol. The molecule has 9 heteroatoms. The summed E-state index contributed by atoms with van der Waals surface area (Å²) >= 11 is 0.742. The largest absolute Gasteiger partial charge is 0.466 e. The summed E-state index contributed by atoms with van der Waals surface area (Å²) in [5.41, 5.74) is 0. The minimum Gasteiger partial charge on any atom is -0.466 e. The first-order valence-corrected chi connectivity index (χ1v) is 7.76. The van der Waals surface area contributed by atoms with Crippen LogP contribution in [0.4, 0.5) is 0 Å². The standard InChI is InChI=1S/C10H15NO6S2/c1-2-17-8(13)5-6(12)10(14)7-3-4-9(18-7)19(11,15)16/h3-4,6,10,12,14H,2,5H2,1H3,(H2,11,15,16).